The van der Waals surface area contributed by atoms with Crippen molar-refractivity contribution in [1.82, 2.24) is 15.0 Å². The standard InChI is InChI=1S/C11H16N6S/c1-2-13-9-5-10(17-11(12)16-9)14-4-3-8-6-18-7-15-8/h5-7H,2-4H2,1H3,(H4,12,13,14,16,17). The van der Waals surface area contributed by atoms with Crippen LogP contribution in [0.25, 0.3) is 0 Å². The summed E-state index contributed by atoms with van der Waals surface area (Å²) in [6.45, 7) is 3.58. The van der Waals surface area contributed by atoms with Gasteiger partial charge in [-0.05, 0) is 6.92 Å². The second-order valence-electron chi connectivity index (χ2n) is 3.68. The van der Waals surface area contributed by atoms with Crippen LogP contribution < -0.4 is 16.4 Å². The van der Waals surface area contributed by atoms with Crippen molar-refractivity contribution in [3.63, 3.8) is 0 Å². The number of nitrogen functional groups attached to an aromatic ring is 1. The van der Waals surface area contributed by atoms with Crippen LogP contribution in [0.5, 0.6) is 0 Å². The minimum absolute atomic E-state index is 0.268. The Hall–Kier alpha value is -1.89. The van der Waals surface area contributed by atoms with Gasteiger partial charge in [0.2, 0.25) is 5.95 Å². The van der Waals surface area contributed by atoms with Crippen LogP contribution in [0, 0.1) is 0 Å². The molecule has 0 aromatic carbocycles. The monoisotopic (exact) mass is 264 g/mol. The summed E-state index contributed by atoms with van der Waals surface area (Å²) < 4.78 is 0. The van der Waals surface area contributed by atoms with Crippen LogP contribution in [0.3, 0.4) is 0 Å². The summed E-state index contributed by atoms with van der Waals surface area (Å²) in [4.78, 5) is 12.4. The predicted molar refractivity (Wildman–Crippen MR) is 74.9 cm³/mol. The molecule has 0 amide bonds. The summed E-state index contributed by atoms with van der Waals surface area (Å²) in [6, 6.07) is 1.85. The summed E-state index contributed by atoms with van der Waals surface area (Å²) in [5, 5.41) is 8.37. The van der Waals surface area contributed by atoms with Gasteiger partial charge in [-0.15, -0.1) is 11.3 Å². The molecular weight excluding hydrogens is 248 g/mol. The summed E-state index contributed by atoms with van der Waals surface area (Å²) >= 11 is 1.60. The fraction of sp³-hybridized carbons (Fsp3) is 0.364. The molecule has 0 unspecified atom stereocenters. The SMILES string of the molecule is CCNc1cc(NCCc2cscn2)nc(N)n1. The van der Waals surface area contributed by atoms with Crippen LogP contribution in [0.15, 0.2) is 17.0 Å². The van der Waals surface area contributed by atoms with E-state index in [0.29, 0.717) is 0 Å². The third-order valence-corrected chi connectivity index (χ3v) is 2.91. The van der Waals surface area contributed by atoms with Crippen molar-refractivity contribution >= 4 is 28.9 Å². The number of hydrogen-bond donors (Lipinski definition) is 3. The first-order chi connectivity index (χ1) is 8.78. The molecule has 7 heteroatoms. The quantitative estimate of drug-likeness (QED) is 0.734. The van der Waals surface area contributed by atoms with Crippen LogP contribution in [0.4, 0.5) is 17.6 Å². The molecule has 2 heterocycles. The lowest BCUT2D eigenvalue weighted by atomic mass is 10.3. The van der Waals surface area contributed by atoms with Gasteiger partial charge in [-0.3, -0.25) is 0 Å². The molecule has 0 aliphatic heterocycles. The maximum Gasteiger partial charge on any atom is 0.223 e. The Morgan fingerprint density at radius 1 is 1.28 bits per heavy atom. The van der Waals surface area contributed by atoms with E-state index in [9.17, 15) is 0 Å². The fourth-order valence-electron chi connectivity index (χ4n) is 1.51. The number of nitrogens with zero attached hydrogens (tertiary/aromatic N) is 3. The highest BCUT2D eigenvalue weighted by Gasteiger charge is 2.01. The predicted octanol–water partition coefficient (Wildman–Crippen LogP) is 1.60. The Bertz CT molecular complexity index is 484. The van der Waals surface area contributed by atoms with Gasteiger partial charge in [0.25, 0.3) is 0 Å². The largest absolute Gasteiger partial charge is 0.370 e. The Balaban J connectivity index is 1.92. The zero-order chi connectivity index (χ0) is 12.8. The smallest absolute Gasteiger partial charge is 0.223 e. The van der Waals surface area contributed by atoms with Crippen molar-refractivity contribution in [2.75, 3.05) is 29.5 Å². The van der Waals surface area contributed by atoms with Crippen molar-refractivity contribution < 1.29 is 0 Å². The Morgan fingerprint density at radius 2 is 2.06 bits per heavy atom. The average Bonchev–Trinajstić information content (AvgIpc) is 2.82. The molecule has 0 saturated heterocycles. The molecule has 2 aromatic rings. The summed E-state index contributed by atoms with van der Waals surface area (Å²) in [7, 11) is 0. The van der Waals surface area contributed by atoms with Crippen molar-refractivity contribution in [2.45, 2.75) is 13.3 Å². The third kappa shape index (κ3) is 3.56. The van der Waals surface area contributed by atoms with E-state index >= 15 is 0 Å². The molecular formula is C11H16N6S. The molecule has 0 aliphatic rings. The van der Waals surface area contributed by atoms with E-state index in [-0.39, 0.29) is 5.95 Å². The van der Waals surface area contributed by atoms with Crippen LogP contribution >= 0.6 is 11.3 Å². The van der Waals surface area contributed by atoms with E-state index in [4.69, 9.17) is 5.73 Å². The number of hydrogen-bond acceptors (Lipinski definition) is 7. The number of thiazole rings is 1. The van der Waals surface area contributed by atoms with Gasteiger partial charge in [0.1, 0.15) is 11.6 Å². The lowest BCUT2D eigenvalue weighted by Gasteiger charge is -2.08. The molecule has 2 rings (SSSR count). The highest BCUT2D eigenvalue weighted by Crippen LogP contribution is 2.12. The number of anilines is 3. The molecule has 4 N–H and O–H groups in total. The van der Waals surface area contributed by atoms with E-state index in [2.05, 4.69) is 25.6 Å². The zero-order valence-electron chi connectivity index (χ0n) is 10.2. The van der Waals surface area contributed by atoms with Gasteiger partial charge in [0, 0.05) is 31.0 Å². The lowest BCUT2D eigenvalue weighted by Crippen LogP contribution is -2.10. The lowest BCUT2D eigenvalue weighted by molar-refractivity contribution is 0.965. The highest BCUT2D eigenvalue weighted by atomic mass is 32.1. The van der Waals surface area contributed by atoms with Crippen LogP contribution in [0.2, 0.25) is 0 Å². The second kappa shape index (κ2) is 6.15. The van der Waals surface area contributed by atoms with E-state index in [1.807, 2.05) is 23.9 Å². The Labute approximate surface area is 110 Å². The second-order valence-corrected chi connectivity index (χ2v) is 4.40. The van der Waals surface area contributed by atoms with E-state index in [1.54, 1.807) is 11.3 Å². The highest BCUT2D eigenvalue weighted by molar-refractivity contribution is 7.07. The third-order valence-electron chi connectivity index (χ3n) is 2.27. The Morgan fingerprint density at radius 3 is 2.72 bits per heavy atom. The van der Waals surface area contributed by atoms with Crippen molar-refractivity contribution in [1.29, 1.82) is 0 Å². The minimum atomic E-state index is 0.268. The van der Waals surface area contributed by atoms with E-state index in [0.717, 1.165) is 36.8 Å². The van der Waals surface area contributed by atoms with Gasteiger partial charge < -0.3 is 16.4 Å². The van der Waals surface area contributed by atoms with Gasteiger partial charge in [-0.25, -0.2) is 4.98 Å². The molecule has 0 saturated carbocycles. The molecule has 96 valence electrons. The van der Waals surface area contributed by atoms with Crippen molar-refractivity contribution in [3.05, 3.63) is 22.7 Å². The molecule has 2 aromatic heterocycles. The van der Waals surface area contributed by atoms with E-state index in [1.165, 1.54) is 0 Å². The average molecular weight is 264 g/mol. The molecule has 0 radical (unpaired) electrons. The molecule has 0 spiro atoms. The van der Waals surface area contributed by atoms with Gasteiger partial charge in [0.15, 0.2) is 0 Å². The molecule has 0 fully saturated rings. The van der Waals surface area contributed by atoms with Crippen LogP contribution in [0.1, 0.15) is 12.6 Å². The van der Waals surface area contributed by atoms with Crippen molar-refractivity contribution in [3.8, 4) is 0 Å². The van der Waals surface area contributed by atoms with Gasteiger partial charge >= 0.3 is 0 Å². The van der Waals surface area contributed by atoms with Crippen LogP contribution in [-0.2, 0) is 6.42 Å². The minimum Gasteiger partial charge on any atom is -0.370 e. The van der Waals surface area contributed by atoms with Gasteiger partial charge in [-0.2, -0.15) is 9.97 Å². The molecule has 6 nitrogen and oxygen atoms in total. The molecule has 18 heavy (non-hydrogen) atoms. The summed E-state index contributed by atoms with van der Waals surface area (Å²) in [5.74, 6) is 1.74. The summed E-state index contributed by atoms with van der Waals surface area (Å²) in [5.41, 5.74) is 8.56. The van der Waals surface area contributed by atoms with Gasteiger partial charge in [-0.1, -0.05) is 0 Å². The topological polar surface area (TPSA) is 88.8 Å². The molecule has 0 aliphatic carbocycles. The zero-order valence-corrected chi connectivity index (χ0v) is 11.0. The van der Waals surface area contributed by atoms with E-state index < -0.39 is 0 Å². The molecule has 0 atom stereocenters. The first-order valence-electron chi connectivity index (χ1n) is 5.77. The van der Waals surface area contributed by atoms with Crippen LogP contribution in [-0.4, -0.2) is 28.0 Å². The molecule has 0 bridgehead atoms. The first-order valence-corrected chi connectivity index (χ1v) is 6.71. The van der Waals surface area contributed by atoms with Gasteiger partial charge in [0.05, 0.1) is 11.2 Å². The normalized spacial score (nSPS) is 10.3. The number of aromatic nitrogens is 3. The number of nitrogens with two attached hydrogens (primary N) is 1. The first kappa shape index (κ1) is 12.6. The number of rotatable bonds is 6. The maximum absolute atomic E-state index is 5.64. The number of nitrogens with one attached hydrogen (secondary N) is 2. The van der Waals surface area contributed by atoms with Crippen molar-refractivity contribution in [2.24, 2.45) is 0 Å². The fourth-order valence-corrected chi connectivity index (χ4v) is 2.10. The summed E-state index contributed by atoms with van der Waals surface area (Å²) in [6.07, 6.45) is 0.865. The Kier molecular flexibility index (Phi) is 4.30. The maximum atomic E-state index is 5.64.